The van der Waals surface area contributed by atoms with Crippen LogP contribution in [0.3, 0.4) is 0 Å². The molecule has 5 nitrogen and oxygen atoms in total. The van der Waals surface area contributed by atoms with Crippen LogP contribution in [0.15, 0.2) is 41.1 Å². The highest BCUT2D eigenvalue weighted by Crippen LogP contribution is 2.64. The third kappa shape index (κ3) is 3.19. The van der Waals surface area contributed by atoms with Crippen LogP contribution in [0.1, 0.15) is 75.6 Å². The number of carbonyl (C=O) groups excluding carboxylic acids is 1. The molecular formula is C26H33NO4. The number of esters is 1. The number of nitrogens with zero attached hydrogens (tertiary/aromatic N) is 1. The molecule has 5 rings (SSSR count). The zero-order chi connectivity index (χ0) is 21.8. The third-order valence-electron chi connectivity index (χ3n) is 9.30. The molecule has 4 aliphatic rings. The van der Waals surface area contributed by atoms with Crippen LogP contribution < -0.4 is 0 Å². The molecule has 5 heteroatoms. The monoisotopic (exact) mass is 423 g/mol. The lowest BCUT2D eigenvalue weighted by Gasteiger charge is -2.57. The van der Waals surface area contributed by atoms with Crippen molar-refractivity contribution in [1.82, 2.24) is 0 Å². The highest BCUT2D eigenvalue weighted by molar-refractivity contribution is 5.92. The number of aromatic hydroxyl groups is 1. The van der Waals surface area contributed by atoms with Gasteiger partial charge in [0.2, 0.25) is 0 Å². The number of allylic oxidation sites excluding steroid dienone is 1. The van der Waals surface area contributed by atoms with Crippen LogP contribution in [-0.4, -0.2) is 28.1 Å². The van der Waals surface area contributed by atoms with Crippen molar-refractivity contribution in [2.24, 2.45) is 33.7 Å². The van der Waals surface area contributed by atoms with E-state index in [1.54, 1.807) is 12.1 Å². The second-order valence-corrected chi connectivity index (χ2v) is 10.6. The first-order valence-corrected chi connectivity index (χ1v) is 11.8. The maximum atomic E-state index is 12.6. The Bertz CT molecular complexity index is 935. The topological polar surface area (TPSA) is 79.1 Å². The maximum Gasteiger partial charge on any atom is 0.338 e. The zero-order valence-corrected chi connectivity index (χ0v) is 18.5. The van der Waals surface area contributed by atoms with Gasteiger partial charge in [-0.1, -0.05) is 30.7 Å². The Morgan fingerprint density at radius 3 is 2.52 bits per heavy atom. The fraction of sp³-hybridized carbons (Fsp3) is 0.615. The number of benzene rings is 1. The Balaban J connectivity index is 1.32. The van der Waals surface area contributed by atoms with Gasteiger partial charge in [0.15, 0.2) is 0 Å². The quantitative estimate of drug-likeness (QED) is 0.276. The highest BCUT2D eigenvalue weighted by atomic mass is 16.5. The normalized spacial score (nSPS) is 40.5. The van der Waals surface area contributed by atoms with Crippen LogP contribution in [0.4, 0.5) is 0 Å². The van der Waals surface area contributed by atoms with Crippen molar-refractivity contribution in [3.8, 4) is 5.75 Å². The minimum atomic E-state index is -0.307. The molecule has 2 N–H and O–H groups in total. The lowest BCUT2D eigenvalue weighted by molar-refractivity contribution is -0.0287. The molecule has 0 heterocycles. The predicted octanol–water partition coefficient (Wildman–Crippen LogP) is 5.71. The van der Waals surface area contributed by atoms with Crippen LogP contribution in [0.25, 0.3) is 0 Å². The molecular weight excluding hydrogens is 390 g/mol. The van der Waals surface area contributed by atoms with Crippen LogP contribution in [0, 0.1) is 28.6 Å². The van der Waals surface area contributed by atoms with Crippen molar-refractivity contribution < 1.29 is 19.8 Å². The lowest BCUT2D eigenvalue weighted by Crippen LogP contribution is -2.50. The van der Waals surface area contributed by atoms with E-state index in [1.807, 2.05) is 0 Å². The Morgan fingerprint density at radius 1 is 1.06 bits per heavy atom. The molecule has 166 valence electrons. The van der Waals surface area contributed by atoms with Crippen LogP contribution >= 0.6 is 0 Å². The van der Waals surface area contributed by atoms with Gasteiger partial charge in [0.25, 0.3) is 0 Å². The molecule has 0 radical (unpaired) electrons. The first kappa shape index (κ1) is 20.6. The van der Waals surface area contributed by atoms with E-state index in [9.17, 15) is 15.1 Å². The summed E-state index contributed by atoms with van der Waals surface area (Å²) in [6, 6.07) is 6.26. The van der Waals surface area contributed by atoms with Crippen molar-refractivity contribution in [2.45, 2.75) is 71.3 Å². The summed E-state index contributed by atoms with van der Waals surface area (Å²) in [5.74, 6) is 1.77. The second-order valence-electron chi connectivity index (χ2n) is 10.6. The predicted molar refractivity (Wildman–Crippen MR) is 118 cm³/mol. The first-order valence-electron chi connectivity index (χ1n) is 11.8. The summed E-state index contributed by atoms with van der Waals surface area (Å²) in [7, 11) is 0. The number of hydrogen-bond acceptors (Lipinski definition) is 5. The van der Waals surface area contributed by atoms with Gasteiger partial charge in [0.05, 0.1) is 11.3 Å². The summed E-state index contributed by atoms with van der Waals surface area (Å²) in [4.78, 5) is 12.6. The third-order valence-corrected chi connectivity index (χ3v) is 9.30. The summed E-state index contributed by atoms with van der Waals surface area (Å²) in [5, 5.41) is 22.6. The minimum absolute atomic E-state index is 0.0640. The summed E-state index contributed by atoms with van der Waals surface area (Å²) in [6.07, 6.45) is 10.6. The van der Waals surface area contributed by atoms with Crippen LogP contribution in [-0.2, 0) is 4.74 Å². The van der Waals surface area contributed by atoms with Crippen LogP contribution in [0.2, 0.25) is 0 Å². The van der Waals surface area contributed by atoms with Crippen molar-refractivity contribution in [3.63, 3.8) is 0 Å². The average Bonchev–Trinajstić information content (AvgIpc) is 3.10. The lowest BCUT2D eigenvalue weighted by atomic mass is 9.48. The van der Waals surface area contributed by atoms with E-state index in [1.165, 1.54) is 24.1 Å². The Hall–Kier alpha value is -2.30. The number of phenolic OH excluding ortho intramolecular Hbond substituents is 1. The minimum Gasteiger partial charge on any atom is -0.508 e. The fourth-order valence-corrected chi connectivity index (χ4v) is 7.50. The number of carbonyl (C=O) groups is 1. The molecule has 0 amide bonds. The Morgan fingerprint density at radius 2 is 1.77 bits per heavy atom. The highest BCUT2D eigenvalue weighted by Gasteiger charge is 2.58. The molecule has 4 aliphatic carbocycles. The fourth-order valence-electron chi connectivity index (χ4n) is 7.50. The molecule has 4 unspecified atom stereocenters. The maximum absolute atomic E-state index is 12.6. The Kier molecular flexibility index (Phi) is 4.91. The molecule has 0 bridgehead atoms. The molecule has 1 aromatic rings. The first-order chi connectivity index (χ1) is 14.8. The zero-order valence-electron chi connectivity index (χ0n) is 18.5. The van der Waals surface area contributed by atoms with E-state index in [0.717, 1.165) is 50.7 Å². The molecule has 6 atom stereocenters. The summed E-state index contributed by atoms with van der Waals surface area (Å²) in [5.41, 5.74) is 3.22. The van der Waals surface area contributed by atoms with Crippen molar-refractivity contribution in [3.05, 3.63) is 41.5 Å². The SMILES string of the molecule is C[C@]12CCC(OC(=O)c3ccc(O)cc3)CC1=CCC1C2CC[C@]2(C)/C(=N/O)CCC12. The van der Waals surface area contributed by atoms with Gasteiger partial charge in [-0.15, -0.1) is 0 Å². The summed E-state index contributed by atoms with van der Waals surface area (Å²) >= 11 is 0. The number of rotatable bonds is 2. The van der Waals surface area contributed by atoms with E-state index in [-0.39, 0.29) is 28.7 Å². The van der Waals surface area contributed by atoms with Gasteiger partial charge in [-0.2, -0.15) is 0 Å². The van der Waals surface area contributed by atoms with Gasteiger partial charge in [-0.3, -0.25) is 0 Å². The van der Waals surface area contributed by atoms with Gasteiger partial charge in [-0.05, 0) is 92.4 Å². The molecule has 0 spiro atoms. The molecule has 31 heavy (non-hydrogen) atoms. The smallest absolute Gasteiger partial charge is 0.338 e. The Labute approximate surface area is 184 Å². The second kappa shape index (κ2) is 7.39. The van der Waals surface area contributed by atoms with Gasteiger partial charge in [-0.25, -0.2) is 4.79 Å². The molecule has 0 aliphatic heterocycles. The molecule has 3 fully saturated rings. The van der Waals surface area contributed by atoms with E-state index in [2.05, 4.69) is 25.1 Å². The molecule has 0 saturated heterocycles. The van der Waals surface area contributed by atoms with Gasteiger partial charge < -0.3 is 15.1 Å². The number of fused-ring (bicyclic) bond motifs is 5. The van der Waals surface area contributed by atoms with Gasteiger partial charge >= 0.3 is 5.97 Å². The van der Waals surface area contributed by atoms with Gasteiger partial charge in [0.1, 0.15) is 11.9 Å². The van der Waals surface area contributed by atoms with Crippen LogP contribution in [0.5, 0.6) is 5.75 Å². The van der Waals surface area contributed by atoms with Gasteiger partial charge in [0, 0.05) is 11.8 Å². The van der Waals surface area contributed by atoms with E-state index >= 15 is 0 Å². The standard InChI is InChI=1S/C26H33NO4/c1-25-13-11-19(31-24(29)16-3-6-18(28)7-4-16)15-17(25)5-8-20-21-9-10-23(27-30)26(21,2)14-12-22(20)25/h3-7,19-22,28,30H,8-15H2,1-2H3/b27-23+/t19?,20?,21?,22?,25-,26-/m0/s1. The van der Waals surface area contributed by atoms with E-state index in [0.29, 0.717) is 23.3 Å². The largest absolute Gasteiger partial charge is 0.508 e. The number of oxime groups is 1. The average molecular weight is 424 g/mol. The molecule has 1 aromatic carbocycles. The molecule has 0 aromatic heterocycles. The molecule has 3 saturated carbocycles. The van der Waals surface area contributed by atoms with E-state index < -0.39 is 0 Å². The summed E-state index contributed by atoms with van der Waals surface area (Å²) < 4.78 is 5.86. The van der Waals surface area contributed by atoms with E-state index in [4.69, 9.17) is 4.74 Å². The summed E-state index contributed by atoms with van der Waals surface area (Å²) in [6.45, 7) is 4.75. The van der Waals surface area contributed by atoms with Crippen molar-refractivity contribution >= 4 is 11.7 Å². The van der Waals surface area contributed by atoms with Crippen molar-refractivity contribution in [2.75, 3.05) is 0 Å². The number of phenols is 1. The van der Waals surface area contributed by atoms with Crippen molar-refractivity contribution in [1.29, 1.82) is 0 Å². The number of hydrogen-bond donors (Lipinski definition) is 2. The number of ether oxygens (including phenoxy) is 1.